The Morgan fingerprint density at radius 2 is 2.22 bits per heavy atom. The molecule has 0 radical (unpaired) electrons. The number of thioether (sulfide) groups is 1. The predicted octanol–water partition coefficient (Wildman–Crippen LogP) is 3.56. The molecule has 0 aliphatic rings. The summed E-state index contributed by atoms with van der Waals surface area (Å²) in [6.45, 7) is 2.11. The van der Waals surface area contributed by atoms with Crippen molar-refractivity contribution in [1.29, 1.82) is 0 Å². The third kappa shape index (κ3) is 2.38. The molecular formula is C14H13N3S. The lowest BCUT2D eigenvalue weighted by atomic mass is 10.2. The maximum atomic E-state index is 4.50. The van der Waals surface area contributed by atoms with Crippen molar-refractivity contribution in [2.24, 2.45) is 0 Å². The number of hydrogen-bond acceptors (Lipinski definition) is 3. The summed E-state index contributed by atoms with van der Waals surface area (Å²) >= 11 is 1.71. The Kier molecular flexibility index (Phi) is 3.02. The van der Waals surface area contributed by atoms with Crippen LogP contribution in [0, 0.1) is 6.92 Å². The average molecular weight is 255 g/mol. The first kappa shape index (κ1) is 11.3. The largest absolute Gasteiger partial charge is 0.333 e. The molecule has 0 saturated heterocycles. The summed E-state index contributed by atoms with van der Waals surface area (Å²) in [6, 6.07) is 10.5. The number of pyridine rings is 1. The molecule has 0 saturated carbocycles. The average Bonchev–Trinajstić information content (AvgIpc) is 2.79. The fourth-order valence-corrected chi connectivity index (χ4v) is 2.68. The monoisotopic (exact) mass is 255 g/mol. The van der Waals surface area contributed by atoms with Crippen LogP contribution in [0.3, 0.4) is 0 Å². The molecule has 0 spiro atoms. The molecule has 0 atom stereocenters. The fraction of sp³-hybridized carbons (Fsp3) is 0.143. The zero-order chi connectivity index (χ0) is 12.4. The molecule has 2 aromatic heterocycles. The summed E-state index contributed by atoms with van der Waals surface area (Å²) in [5.74, 6) is 0.926. The lowest BCUT2D eigenvalue weighted by molar-refractivity contribution is 1.08. The van der Waals surface area contributed by atoms with Gasteiger partial charge in [0.1, 0.15) is 5.52 Å². The van der Waals surface area contributed by atoms with Crippen LogP contribution in [-0.4, -0.2) is 15.0 Å². The molecule has 0 amide bonds. The summed E-state index contributed by atoms with van der Waals surface area (Å²) in [4.78, 5) is 11.9. The van der Waals surface area contributed by atoms with Gasteiger partial charge in [0, 0.05) is 11.9 Å². The first-order valence-corrected chi connectivity index (χ1v) is 6.78. The lowest BCUT2D eigenvalue weighted by Crippen LogP contribution is -1.82. The zero-order valence-corrected chi connectivity index (χ0v) is 10.9. The van der Waals surface area contributed by atoms with E-state index in [0.717, 1.165) is 21.9 Å². The molecule has 3 aromatic rings. The van der Waals surface area contributed by atoms with E-state index < -0.39 is 0 Å². The minimum Gasteiger partial charge on any atom is -0.333 e. The Labute approximate surface area is 110 Å². The molecule has 90 valence electrons. The van der Waals surface area contributed by atoms with Gasteiger partial charge in [0.2, 0.25) is 0 Å². The maximum Gasteiger partial charge on any atom is 0.166 e. The SMILES string of the molecule is Cc1cccc(CSc2nc3cnccc3[nH]2)c1. The standard InChI is InChI=1S/C14H13N3S/c1-10-3-2-4-11(7-10)9-18-14-16-12-5-6-15-8-13(12)17-14/h2-8H,9H2,1H3,(H,16,17). The van der Waals surface area contributed by atoms with Crippen LogP contribution in [0.2, 0.25) is 0 Å². The molecule has 3 rings (SSSR count). The number of nitrogens with one attached hydrogen (secondary N) is 1. The Balaban J connectivity index is 1.76. The normalized spacial score (nSPS) is 10.9. The number of fused-ring (bicyclic) bond motifs is 1. The topological polar surface area (TPSA) is 41.6 Å². The van der Waals surface area contributed by atoms with Gasteiger partial charge in [-0.25, -0.2) is 4.98 Å². The van der Waals surface area contributed by atoms with E-state index in [0.29, 0.717) is 0 Å². The van der Waals surface area contributed by atoms with E-state index >= 15 is 0 Å². The maximum absolute atomic E-state index is 4.50. The number of hydrogen-bond donors (Lipinski definition) is 1. The van der Waals surface area contributed by atoms with Gasteiger partial charge in [-0.3, -0.25) is 4.98 Å². The van der Waals surface area contributed by atoms with Crippen LogP contribution in [0.4, 0.5) is 0 Å². The molecule has 0 aliphatic carbocycles. The second-order valence-electron chi connectivity index (χ2n) is 4.21. The van der Waals surface area contributed by atoms with E-state index in [-0.39, 0.29) is 0 Å². The summed E-state index contributed by atoms with van der Waals surface area (Å²) in [5, 5.41) is 0.944. The summed E-state index contributed by atoms with van der Waals surface area (Å²) in [5.41, 5.74) is 4.57. The molecule has 4 heteroatoms. The molecule has 0 unspecified atom stereocenters. The smallest absolute Gasteiger partial charge is 0.166 e. The van der Waals surface area contributed by atoms with Crippen LogP contribution in [0.15, 0.2) is 47.9 Å². The van der Waals surface area contributed by atoms with Crippen molar-refractivity contribution in [3.63, 3.8) is 0 Å². The van der Waals surface area contributed by atoms with Gasteiger partial charge in [0.05, 0.1) is 11.7 Å². The summed E-state index contributed by atoms with van der Waals surface area (Å²) in [6.07, 6.45) is 3.55. The van der Waals surface area contributed by atoms with E-state index in [1.54, 1.807) is 24.2 Å². The van der Waals surface area contributed by atoms with Crippen LogP contribution >= 0.6 is 11.8 Å². The van der Waals surface area contributed by atoms with Crippen molar-refractivity contribution in [2.75, 3.05) is 0 Å². The first-order chi connectivity index (χ1) is 8.81. The highest BCUT2D eigenvalue weighted by Crippen LogP contribution is 2.22. The predicted molar refractivity (Wildman–Crippen MR) is 74.6 cm³/mol. The molecular weight excluding hydrogens is 242 g/mol. The number of aromatic nitrogens is 3. The molecule has 2 heterocycles. The van der Waals surface area contributed by atoms with Crippen molar-refractivity contribution < 1.29 is 0 Å². The second kappa shape index (κ2) is 4.82. The summed E-state index contributed by atoms with van der Waals surface area (Å²) < 4.78 is 0. The minimum atomic E-state index is 0.921. The Morgan fingerprint density at radius 3 is 3.06 bits per heavy atom. The van der Waals surface area contributed by atoms with Gasteiger partial charge in [-0.1, -0.05) is 41.6 Å². The molecule has 0 aliphatic heterocycles. The summed E-state index contributed by atoms with van der Waals surface area (Å²) in [7, 11) is 0. The van der Waals surface area contributed by atoms with E-state index in [9.17, 15) is 0 Å². The van der Waals surface area contributed by atoms with Gasteiger partial charge in [-0.2, -0.15) is 0 Å². The molecule has 0 fully saturated rings. The van der Waals surface area contributed by atoms with Gasteiger partial charge >= 0.3 is 0 Å². The molecule has 0 bridgehead atoms. The highest BCUT2D eigenvalue weighted by molar-refractivity contribution is 7.98. The number of H-pyrrole nitrogens is 1. The van der Waals surface area contributed by atoms with Gasteiger partial charge in [0.25, 0.3) is 0 Å². The van der Waals surface area contributed by atoms with Crippen molar-refractivity contribution in [2.45, 2.75) is 17.8 Å². The number of aryl methyl sites for hydroxylation is 1. The van der Waals surface area contributed by atoms with Gasteiger partial charge in [-0.15, -0.1) is 0 Å². The highest BCUT2D eigenvalue weighted by atomic mass is 32.2. The molecule has 3 nitrogen and oxygen atoms in total. The van der Waals surface area contributed by atoms with Crippen LogP contribution in [0.25, 0.3) is 11.0 Å². The van der Waals surface area contributed by atoms with Crippen LogP contribution in [0.5, 0.6) is 0 Å². The minimum absolute atomic E-state index is 0.921. The number of imidazole rings is 1. The van der Waals surface area contributed by atoms with Gasteiger partial charge in [0.15, 0.2) is 5.16 Å². The second-order valence-corrected chi connectivity index (χ2v) is 5.18. The van der Waals surface area contributed by atoms with Crippen molar-refractivity contribution >= 4 is 22.8 Å². The zero-order valence-electron chi connectivity index (χ0n) is 10.1. The number of nitrogens with zero attached hydrogens (tertiary/aromatic N) is 2. The number of aromatic amines is 1. The number of rotatable bonds is 3. The Morgan fingerprint density at radius 1 is 1.28 bits per heavy atom. The Hall–Kier alpha value is -1.81. The first-order valence-electron chi connectivity index (χ1n) is 5.79. The van der Waals surface area contributed by atoms with Crippen molar-refractivity contribution in [1.82, 2.24) is 15.0 Å². The highest BCUT2D eigenvalue weighted by Gasteiger charge is 2.03. The van der Waals surface area contributed by atoms with E-state index in [1.807, 2.05) is 6.07 Å². The van der Waals surface area contributed by atoms with E-state index in [2.05, 4.69) is 46.1 Å². The van der Waals surface area contributed by atoms with E-state index in [1.165, 1.54) is 11.1 Å². The van der Waals surface area contributed by atoms with Gasteiger partial charge in [-0.05, 0) is 18.6 Å². The molecule has 18 heavy (non-hydrogen) atoms. The van der Waals surface area contributed by atoms with Crippen LogP contribution in [-0.2, 0) is 5.75 Å². The fourth-order valence-electron chi connectivity index (χ4n) is 1.86. The molecule has 1 aromatic carbocycles. The number of benzene rings is 1. The molecule has 1 N–H and O–H groups in total. The van der Waals surface area contributed by atoms with Gasteiger partial charge < -0.3 is 4.98 Å². The third-order valence-electron chi connectivity index (χ3n) is 2.72. The van der Waals surface area contributed by atoms with Crippen LogP contribution in [0.1, 0.15) is 11.1 Å². The van der Waals surface area contributed by atoms with Crippen molar-refractivity contribution in [3.05, 3.63) is 53.9 Å². The quantitative estimate of drug-likeness (QED) is 0.728. The van der Waals surface area contributed by atoms with Crippen LogP contribution < -0.4 is 0 Å². The Bertz CT molecular complexity index is 642. The van der Waals surface area contributed by atoms with E-state index in [4.69, 9.17) is 0 Å². The lowest BCUT2D eigenvalue weighted by Gasteiger charge is -2.00. The van der Waals surface area contributed by atoms with Crippen molar-refractivity contribution in [3.8, 4) is 0 Å². The third-order valence-corrected chi connectivity index (χ3v) is 3.67.